The van der Waals surface area contributed by atoms with E-state index in [-0.39, 0.29) is 0 Å². The number of anilines is 1. The molecule has 0 aliphatic carbocycles. The van der Waals surface area contributed by atoms with E-state index >= 15 is 0 Å². The van der Waals surface area contributed by atoms with Gasteiger partial charge in [0.25, 0.3) is 0 Å². The Balaban J connectivity index is 1.80. The molecule has 1 aromatic carbocycles. The SMILES string of the molecule is CCNCc1occc1CN1CC(C)Cc2ccccc21. The van der Waals surface area contributed by atoms with Gasteiger partial charge in [-0.05, 0) is 36.6 Å². The number of rotatable bonds is 5. The van der Waals surface area contributed by atoms with Crippen molar-refractivity contribution >= 4 is 5.69 Å². The standard InChI is InChI=1S/C18H24N2O/c1-3-19-11-18-16(8-9-21-18)13-20-12-14(2)10-15-6-4-5-7-17(15)20/h4-9,14,19H,3,10-13H2,1-2H3. The van der Waals surface area contributed by atoms with Gasteiger partial charge in [0, 0.05) is 24.3 Å². The van der Waals surface area contributed by atoms with Crippen molar-refractivity contribution in [2.45, 2.75) is 33.4 Å². The van der Waals surface area contributed by atoms with E-state index in [1.54, 1.807) is 6.26 Å². The maximum atomic E-state index is 5.63. The topological polar surface area (TPSA) is 28.4 Å². The van der Waals surface area contributed by atoms with Crippen molar-refractivity contribution in [2.24, 2.45) is 5.92 Å². The van der Waals surface area contributed by atoms with E-state index in [1.165, 1.54) is 23.2 Å². The summed E-state index contributed by atoms with van der Waals surface area (Å²) in [5, 5.41) is 3.34. The minimum atomic E-state index is 0.698. The summed E-state index contributed by atoms with van der Waals surface area (Å²) in [6, 6.07) is 10.9. The second-order valence-corrected chi connectivity index (χ2v) is 5.97. The number of benzene rings is 1. The number of nitrogens with zero attached hydrogens (tertiary/aromatic N) is 1. The van der Waals surface area contributed by atoms with Gasteiger partial charge < -0.3 is 14.6 Å². The Bertz CT molecular complexity index is 590. The Morgan fingerprint density at radius 2 is 2.14 bits per heavy atom. The van der Waals surface area contributed by atoms with Crippen LogP contribution in [-0.4, -0.2) is 13.1 Å². The van der Waals surface area contributed by atoms with Gasteiger partial charge in [-0.1, -0.05) is 32.0 Å². The Morgan fingerprint density at radius 3 is 3.00 bits per heavy atom. The highest BCUT2D eigenvalue weighted by molar-refractivity contribution is 5.56. The highest BCUT2D eigenvalue weighted by Gasteiger charge is 2.22. The van der Waals surface area contributed by atoms with Gasteiger partial charge in [0.05, 0.1) is 12.8 Å². The molecule has 1 unspecified atom stereocenters. The van der Waals surface area contributed by atoms with E-state index < -0.39 is 0 Å². The van der Waals surface area contributed by atoms with Crippen LogP contribution in [0.2, 0.25) is 0 Å². The minimum Gasteiger partial charge on any atom is -0.468 e. The van der Waals surface area contributed by atoms with Crippen molar-refractivity contribution in [3.8, 4) is 0 Å². The molecule has 3 rings (SSSR count). The zero-order valence-electron chi connectivity index (χ0n) is 12.9. The molecule has 3 nitrogen and oxygen atoms in total. The molecule has 112 valence electrons. The lowest BCUT2D eigenvalue weighted by atomic mass is 9.93. The lowest BCUT2D eigenvalue weighted by Gasteiger charge is -2.34. The van der Waals surface area contributed by atoms with Crippen LogP contribution in [0.15, 0.2) is 41.0 Å². The monoisotopic (exact) mass is 284 g/mol. The van der Waals surface area contributed by atoms with Gasteiger partial charge in [-0.2, -0.15) is 0 Å². The maximum Gasteiger partial charge on any atom is 0.122 e. The summed E-state index contributed by atoms with van der Waals surface area (Å²) in [7, 11) is 0. The van der Waals surface area contributed by atoms with Gasteiger partial charge in [-0.25, -0.2) is 0 Å². The molecule has 3 heteroatoms. The van der Waals surface area contributed by atoms with E-state index in [0.717, 1.165) is 31.9 Å². The van der Waals surface area contributed by atoms with Crippen molar-refractivity contribution in [2.75, 3.05) is 18.0 Å². The Hall–Kier alpha value is -1.74. The third kappa shape index (κ3) is 3.13. The molecule has 0 fully saturated rings. The smallest absolute Gasteiger partial charge is 0.122 e. The fourth-order valence-corrected chi connectivity index (χ4v) is 3.16. The van der Waals surface area contributed by atoms with Crippen molar-refractivity contribution in [1.82, 2.24) is 5.32 Å². The lowest BCUT2D eigenvalue weighted by Crippen LogP contribution is -2.34. The second-order valence-electron chi connectivity index (χ2n) is 5.97. The molecule has 2 heterocycles. The fourth-order valence-electron chi connectivity index (χ4n) is 3.16. The predicted octanol–water partition coefficient (Wildman–Crippen LogP) is 3.59. The van der Waals surface area contributed by atoms with E-state index in [4.69, 9.17) is 4.42 Å². The van der Waals surface area contributed by atoms with Crippen molar-refractivity contribution in [1.29, 1.82) is 0 Å². The van der Waals surface area contributed by atoms with Crippen LogP contribution in [0.5, 0.6) is 0 Å². The summed E-state index contributed by atoms with van der Waals surface area (Å²) in [5.74, 6) is 1.76. The van der Waals surface area contributed by atoms with Crippen molar-refractivity contribution < 1.29 is 4.42 Å². The Morgan fingerprint density at radius 1 is 1.29 bits per heavy atom. The van der Waals surface area contributed by atoms with Gasteiger partial charge >= 0.3 is 0 Å². The molecule has 0 saturated heterocycles. The molecule has 1 aliphatic rings. The maximum absolute atomic E-state index is 5.63. The van der Waals surface area contributed by atoms with Gasteiger partial charge in [-0.15, -0.1) is 0 Å². The van der Waals surface area contributed by atoms with Crippen LogP contribution in [0.3, 0.4) is 0 Å². The summed E-state index contributed by atoms with van der Waals surface area (Å²) in [6.07, 6.45) is 2.99. The predicted molar refractivity (Wildman–Crippen MR) is 86.4 cm³/mol. The first kappa shape index (κ1) is 14.2. The molecular weight excluding hydrogens is 260 g/mol. The number of fused-ring (bicyclic) bond motifs is 1. The minimum absolute atomic E-state index is 0.698. The Kier molecular flexibility index (Phi) is 4.30. The molecule has 1 aliphatic heterocycles. The highest BCUT2D eigenvalue weighted by atomic mass is 16.3. The first-order valence-electron chi connectivity index (χ1n) is 7.86. The number of hydrogen-bond acceptors (Lipinski definition) is 3. The molecule has 1 N–H and O–H groups in total. The first-order chi connectivity index (χ1) is 10.3. The first-order valence-corrected chi connectivity index (χ1v) is 7.86. The zero-order valence-corrected chi connectivity index (χ0v) is 12.9. The van der Waals surface area contributed by atoms with Crippen LogP contribution in [0, 0.1) is 5.92 Å². The number of para-hydroxylation sites is 1. The number of hydrogen-bond donors (Lipinski definition) is 1. The fraction of sp³-hybridized carbons (Fsp3) is 0.444. The van der Waals surface area contributed by atoms with Gasteiger partial charge in [0.1, 0.15) is 5.76 Å². The highest BCUT2D eigenvalue weighted by Crippen LogP contribution is 2.31. The summed E-state index contributed by atoms with van der Waals surface area (Å²) in [4.78, 5) is 2.49. The van der Waals surface area contributed by atoms with Crippen LogP contribution >= 0.6 is 0 Å². The molecule has 21 heavy (non-hydrogen) atoms. The van der Waals surface area contributed by atoms with E-state index in [1.807, 2.05) is 0 Å². The largest absolute Gasteiger partial charge is 0.468 e. The van der Waals surface area contributed by atoms with E-state index in [2.05, 4.69) is 54.4 Å². The van der Waals surface area contributed by atoms with E-state index in [9.17, 15) is 0 Å². The molecule has 0 amide bonds. The van der Waals surface area contributed by atoms with Crippen molar-refractivity contribution in [3.05, 3.63) is 53.5 Å². The van der Waals surface area contributed by atoms with Crippen LogP contribution in [0.25, 0.3) is 0 Å². The zero-order chi connectivity index (χ0) is 14.7. The van der Waals surface area contributed by atoms with Gasteiger partial charge in [0.2, 0.25) is 0 Å². The third-order valence-corrected chi connectivity index (χ3v) is 4.17. The summed E-state index contributed by atoms with van der Waals surface area (Å²) in [5.41, 5.74) is 4.14. The second kappa shape index (κ2) is 6.35. The van der Waals surface area contributed by atoms with Gasteiger partial charge in [0.15, 0.2) is 0 Å². The molecule has 0 bridgehead atoms. The average molecular weight is 284 g/mol. The third-order valence-electron chi connectivity index (χ3n) is 4.17. The van der Waals surface area contributed by atoms with Crippen LogP contribution in [0.1, 0.15) is 30.7 Å². The normalized spacial score (nSPS) is 17.8. The van der Waals surface area contributed by atoms with Crippen molar-refractivity contribution in [3.63, 3.8) is 0 Å². The molecule has 0 radical (unpaired) electrons. The van der Waals surface area contributed by atoms with Gasteiger partial charge in [-0.3, -0.25) is 0 Å². The summed E-state index contributed by atoms with van der Waals surface area (Å²) >= 11 is 0. The Labute approximate surface area is 127 Å². The van der Waals surface area contributed by atoms with Crippen LogP contribution in [-0.2, 0) is 19.5 Å². The van der Waals surface area contributed by atoms with Crippen LogP contribution in [0.4, 0.5) is 5.69 Å². The summed E-state index contributed by atoms with van der Waals surface area (Å²) < 4.78 is 5.63. The quantitative estimate of drug-likeness (QED) is 0.909. The number of furan rings is 1. The molecule has 0 saturated carbocycles. The molecule has 2 aromatic rings. The average Bonchev–Trinajstić information content (AvgIpc) is 2.92. The number of nitrogens with one attached hydrogen (secondary N) is 1. The molecule has 1 atom stereocenters. The summed E-state index contributed by atoms with van der Waals surface area (Å²) in [6.45, 7) is 8.26. The van der Waals surface area contributed by atoms with E-state index in [0.29, 0.717) is 5.92 Å². The van der Waals surface area contributed by atoms with Crippen LogP contribution < -0.4 is 10.2 Å². The molecule has 0 spiro atoms. The molecular formula is C18H24N2O. The lowest BCUT2D eigenvalue weighted by molar-refractivity contribution is 0.478. The molecule has 1 aromatic heterocycles.